The highest BCUT2D eigenvalue weighted by Crippen LogP contribution is 2.19. The van der Waals surface area contributed by atoms with Gasteiger partial charge in [0.05, 0.1) is 12.1 Å². The largest absolute Gasteiger partial charge is 0.385 e. The van der Waals surface area contributed by atoms with Gasteiger partial charge in [0.15, 0.2) is 0 Å². The number of hydrogen-bond donors (Lipinski definition) is 2. The first-order valence-corrected chi connectivity index (χ1v) is 7.65. The summed E-state index contributed by atoms with van der Waals surface area (Å²) in [6.45, 7) is 7.47. The van der Waals surface area contributed by atoms with Gasteiger partial charge in [-0.1, -0.05) is 11.6 Å². The van der Waals surface area contributed by atoms with Gasteiger partial charge in [-0.05, 0) is 49.9 Å². The first-order chi connectivity index (χ1) is 9.61. The van der Waals surface area contributed by atoms with Crippen molar-refractivity contribution in [2.24, 2.45) is 0 Å². The third kappa shape index (κ3) is 3.39. The monoisotopic (exact) mass is 288 g/mol. The molecule has 0 bridgehead atoms. The third-order valence-electron chi connectivity index (χ3n) is 3.16. The van der Waals surface area contributed by atoms with Crippen LogP contribution in [0.5, 0.6) is 0 Å². The van der Waals surface area contributed by atoms with Crippen LogP contribution in [0.3, 0.4) is 0 Å². The summed E-state index contributed by atoms with van der Waals surface area (Å²) < 4.78 is 0. The average Bonchev–Trinajstić information content (AvgIpc) is 2.84. The molecule has 2 rings (SSSR count). The maximum absolute atomic E-state index is 12.4. The van der Waals surface area contributed by atoms with Gasteiger partial charge >= 0.3 is 0 Å². The number of carbonyl (C=O) groups is 1. The smallest absolute Gasteiger partial charge is 0.253 e. The Morgan fingerprint density at radius 2 is 2.05 bits per heavy atom. The van der Waals surface area contributed by atoms with Crippen LogP contribution in [0, 0.1) is 13.8 Å². The Morgan fingerprint density at radius 1 is 1.25 bits per heavy atom. The molecular formula is C16H20N2OS. The second-order valence-corrected chi connectivity index (χ2v) is 5.79. The first-order valence-electron chi connectivity index (χ1n) is 6.77. The van der Waals surface area contributed by atoms with Crippen molar-refractivity contribution in [3.8, 4) is 0 Å². The SMILES string of the molecule is CCNc1ccc(C)cc1C(=O)NCc1sccc1C. The molecule has 1 amide bonds. The minimum absolute atomic E-state index is 0.0301. The van der Waals surface area contributed by atoms with Gasteiger partial charge in [-0.3, -0.25) is 4.79 Å². The van der Waals surface area contributed by atoms with E-state index in [0.717, 1.165) is 17.8 Å². The zero-order valence-electron chi connectivity index (χ0n) is 12.1. The summed E-state index contributed by atoms with van der Waals surface area (Å²) in [7, 11) is 0. The number of rotatable bonds is 5. The Bertz CT molecular complexity index is 604. The number of hydrogen-bond acceptors (Lipinski definition) is 3. The number of thiophene rings is 1. The molecule has 0 saturated carbocycles. The van der Waals surface area contributed by atoms with E-state index in [1.54, 1.807) is 11.3 Å². The van der Waals surface area contributed by atoms with Crippen LogP contribution in [0.1, 0.15) is 33.3 Å². The average molecular weight is 288 g/mol. The highest BCUT2D eigenvalue weighted by atomic mass is 32.1. The van der Waals surface area contributed by atoms with E-state index in [0.29, 0.717) is 12.1 Å². The van der Waals surface area contributed by atoms with Crippen LogP contribution in [0.2, 0.25) is 0 Å². The quantitative estimate of drug-likeness (QED) is 0.880. The van der Waals surface area contributed by atoms with Crippen molar-refractivity contribution in [3.05, 3.63) is 51.2 Å². The van der Waals surface area contributed by atoms with Gasteiger partial charge in [-0.25, -0.2) is 0 Å². The van der Waals surface area contributed by atoms with Crippen LogP contribution < -0.4 is 10.6 Å². The van der Waals surface area contributed by atoms with E-state index in [-0.39, 0.29) is 5.91 Å². The molecule has 20 heavy (non-hydrogen) atoms. The van der Waals surface area contributed by atoms with E-state index in [4.69, 9.17) is 0 Å². The zero-order valence-corrected chi connectivity index (χ0v) is 12.9. The van der Waals surface area contributed by atoms with Crippen molar-refractivity contribution in [3.63, 3.8) is 0 Å². The summed E-state index contributed by atoms with van der Waals surface area (Å²) in [5, 5.41) is 8.28. The van der Waals surface area contributed by atoms with E-state index in [1.165, 1.54) is 10.4 Å². The van der Waals surface area contributed by atoms with Crippen molar-refractivity contribution in [2.45, 2.75) is 27.3 Å². The second-order valence-electron chi connectivity index (χ2n) is 4.79. The molecule has 0 spiro atoms. The number of nitrogens with one attached hydrogen (secondary N) is 2. The molecule has 1 aromatic carbocycles. The number of carbonyl (C=O) groups excluding carboxylic acids is 1. The summed E-state index contributed by atoms with van der Waals surface area (Å²) in [4.78, 5) is 13.6. The maximum atomic E-state index is 12.4. The molecule has 0 radical (unpaired) electrons. The summed E-state index contributed by atoms with van der Waals surface area (Å²) >= 11 is 1.67. The highest BCUT2D eigenvalue weighted by molar-refractivity contribution is 7.10. The van der Waals surface area contributed by atoms with E-state index in [2.05, 4.69) is 23.6 Å². The Balaban J connectivity index is 2.12. The normalized spacial score (nSPS) is 10.3. The van der Waals surface area contributed by atoms with Gasteiger partial charge in [0, 0.05) is 17.1 Å². The lowest BCUT2D eigenvalue weighted by molar-refractivity contribution is 0.0952. The molecule has 0 unspecified atom stereocenters. The van der Waals surface area contributed by atoms with Crippen molar-refractivity contribution in [1.82, 2.24) is 5.32 Å². The summed E-state index contributed by atoms with van der Waals surface area (Å²) in [5.41, 5.74) is 3.91. The van der Waals surface area contributed by atoms with Gasteiger partial charge in [0.1, 0.15) is 0 Å². The zero-order chi connectivity index (χ0) is 14.5. The summed E-state index contributed by atoms with van der Waals surface area (Å²) in [6, 6.07) is 7.97. The molecule has 0 aliphatic carbocycles. The number of benzene rings is 1. The Labute approximate surface area is 124 Å². The Kier molecular flexibility index (Phi) is 4.79. The maximum Gasteiger partial charge on any atom is 0.253 e. The summed E-state index contributed by atoms with van der Waals surface area (Å²) in [6.07, 6.45) is 0. The van der Waals surface area contributed by atoms with Crippen LogP contribution in [0.15, 0.2) is 29.6 Å². The van der Waals surface area contributed by atoms with Gasteiger partial charge in [0.25, 0.3) is 5.91 Å². The molecule has 106 valence electrons. The first kappa shape index (κ1) is 14.6. The molecule has 4 heteroatoms. The molecule has 2 aromatic rings. The molecular weight excluding hydrogens is 268 g/mol. The van der Waals surface area contributed by atoms with Crippen LogP contribution in [-0.4, -0.2) is 12.5 Å². The highest BCUT2D eigenvalue weighted by Gasteiger charge is 2.11. The van der Waals surface area contributed by atoms with E-state index in [9.17, 15) is 4.79 Å². The Morgan fingerprint density at radius 3 is 2.70 bits per heavy atom. The molecule has 1 heterocycles. The van der Waals surface area contributed by atoms with E-state index < -0.39 is 0 Å². The molecule has 0 fully saturated rings. The van der Waals surface area contributed by atoms with Crippen molar-refractivity contribution in [1.29, 1.82) is 0 Å². The standard InChI is InChI=1S/C16H20N2OS/c1-4-17-14-6-5-11(2)9-13(14)16(19)18-10-15-12(3)7-8-20-15/h5-9,17H,4,10H2,1-3H3,(H,18,19). The molecule has 0 aliphatic heterocycles. The lowest BCUT2D eigenvalue weighted by atomic mass is 10.1. The topological polar surface area (TPSA) is 41.1 Å². The molecule has 0 atom stereocenters. The van der Waals surface area contributed by atoms with Gasteiger partial charge in [0.2, 0.25) is 0 Å². The second kappa shape index (κ2) is 6.57. The van der Waals surface area contributed by atoms with Crippen LogP contribution in [0.4, 0.5) is 5.69 Å². The minimum Gasteiger partial charge on any atom is -0.385 e. The molecule has 1 aromatic heterocycles. The third-order valence-corrected chi connectivity index (χ3v) is 4.19. The predicted molar refractivity (Wildman–Crippen MR) is 85.6 cm³/mol. The molecule has 2 N–H and O–H groups in total. The molecule has 0 saturated heterocycles. The lowest BCUT2D eigenvalue weighted by Crippen LogP contribution is -2.24. The van der Waals surface area contributed by atoms with Crippen molar-refractivity contribution < 1.29 is 4.79 Å². The van der Waals surface area contributed by atoms with Gasteiger partial charge in [-0.15, -0.1) is 11.3 Å². The molecule has 0 aliphatic rings. The summed E-state index contributed by atoms with van der Waals surface area (Å²) in [5.74, 6) is -0.0301. The fourth-order valence-corrected chi connectivity index (χ4v) is 2.88. The number of anilines is 1. The fraction of sp³-hybridized carbons (Fsp3) is 0.312. The van der Waals surface area contributed by atoms with Gasteiger partial charge < -0.3 is 10.6 Å². The van der Waals surface area contributed by atoms with Crippen LogP contribution in [-0.2, 0) is 6.54 Å². The number of aryl methyl sites for hydroxylation is 2. The van der Waals surface area contributed by atoms with E-state index >= 15 is 0 Å². The van der Waals surface area contributed by atoms with Crippen LogP contribution >= 0.6 is 11.3 Å². The lowest BCUT2D eigenvalue weighted by Gasteiger charge is -2.12. The van der Waals surface area contributed by atoms with Crippen molar-refractivity contribution >= 4 is 22.9 Å². The molecule has 3 nitrogen and oxygen atoms in total. The van der Waals surface area contributed by atoms with Crippen LogP contribution in [0.25, 0.3) is 0 Å². The number of amides is 1. The van der Waals surface area contributed by atoms with Crippen molar-refractivity contribution in [2.75, 3.05) is 11.9 Å². The minimum atomic E-state index is -0.0301. The van der Waals surface area contributed by atoms with Gasteiger partial charge in [-0.2, -0.15) is 0 Å². The van der Waals surface area contributed by atoms with E-state index in [1.807, 2.05) is 37.4 Å². The fourth-order valence-electron chi connectivity index (χ4n) is 2.03. The predicted octanol–water partition coefficient (Wildman–Crippen LogP) is 3.73. The Hall–Kier alpha value is -1.81.